The fourth-order valence-corrected chi connectivity index (χ4v) is 4.64. The highest BCUT2D eigenvalue weighted by atomic mass is 32.2. The van der Waals surface area contributed by atoms with E-state index in [0.717, 1.165) is 24.9 Å². The van der Waals surface area contributed by atoms with Crippen molar-refractivity contribution < 1.29 is 0 Å². The fourth-order valence-electron chi connectivity index (χ4n) is 3.34. The highest BCUT2D eigenvalue weighted by molar-refractivity contribution is 8.13. The zero-order chi connectivity index (χ0) is 14.4. The third kappa shape index (κ3) is 4.41. The third-order valence-corrected chi connectivity index (χ3v) is 6.84. The summed E-state index contributed by atoms with van der Waals surface area (Å²) in [7, 11) is 0. The molecule has 2 aliphatic rings. The van der Waals surface area contributed by atoms with Gasteiger partial charge < -0.3 is 5.32 Å². The highest BCUT2D eigenvalue weighted by Gasteiger charge is 2.30. The molecule has 1 saturated carbocycles. The average Bonchev–Trinajstić information content (AvgIpc) is 2.50. The molecule has 1 N–H and O–H groups in total. The lowest BCUT2D eigenvalue weighted by Gasteiger charge is -2.33. The molecule has 0 amide bonds. The summed E-state index contributed by atoms with van der Waals surface area (Å²) < 4.78 is 0. The summed E-state index contributed by atoms with van der Waals surface area (Å²) in [5.41, 5.74) is 0.468. The van der Waals surface area contributed by atoms with Crippen LogP contribution >= 0.6 is 11.8 Å². The average molecular weight is 297 g/mol. The topological polar surface area (TPSA) is 24.4 Å². The molecule has 3 heteroatoms. The van der Waals surface area contributed by atoms with E-state index in [0.29, 0.717) is 5.41 Å². The van der Waals surface area contributed by atoms with Gasteiger partial charge in [-0.2, -0.15) is 0 Å². The zero-order valence-corrected chi connectivity index (χ0v) is 14.4. The second kappa shape index (κ2) is 7.72. The summed E-state index contributed by atoms with van der Waals surface area (Å²) in [6, 6.07) is 0. The van der Waals surface area contributed by atoms with Gasteiger partial charge in [0, 0.05) is 18.8 Å². The molecule has 2 nitrogen and oxygen atoms in total. The molecule has 116 valence electrons. The van der Waals surface area contributed by atoms with Crippen LogP contribution in [0.1, 0.15) is 65.7 Å². The third-order valence-electron chi connectivity index (χ3n) is 5.54. The maximum atomic E-state index is 4.79. The minimum absolute atomic E-state index is 0.468. The number of amidine groups is 1. The Morgan fingerprint density at radius 3 is 2.45 bits per heavy atom. The molecule has 0 radical (unpaired) electrons. The van der Waals surface area contributed by atoms with Crippen molar-refractivity contribution >= 4 is 16.9 Å². The van der Waals surface area contributed by atoms with Gasteiger partial charge in [0.1, 0.15) is 0 Å². The normalized spacial score (nSPS) is 29.9. The fraction of sp³-hybridized carbons (Fsp3) is 0.941. The lowest BCUT2D eigenvalue weighted by atomic mass is 9.81. The monoisotopic (exact) mass is 296 g/mol. The van der Waals surface area contributed by atoms with E-state index in [9.17, 15) is 0 Å². The zero-order valence-electron chi connectivity index (χ0n) is 13.6. The number of hydrogen-bond acceptors (Lipinski definition) is 3. The standard InChI is InChI=1S/C17H32N2S/c1-4-17(5-2)12-19-16(20-13-17)18-11-10-15-8-6-14(3)7-9-15/h14-15H,4-13H2,1-3H3,(H,18,19). The molecule has 0 aromatic rings. The molecule has 0 saturated heterocycles. The van der Waals surface area contributed by atoms with Crippen LogP contribution in [0.5, 0.6) is 0 Å². The maximum Gasteiger partial charge on any atom is 0.156 e. The predicted molar refractivity (Wildman–Crippen MR) is 91.5 cm³/mol. The number of nitrogens with one attached hydrogen (secondary N) is 1. The van der Waals surface area contributed by atoms with Gasteiger partial charge in [-0.15, -0.1) is 0 Å². The van der Waals surface area contributed by atoms with Crippen LogP contribution in [-0.4, -0.2) is 24.0 Å². The van der Waals surface area contributed by atoms with Gasteiger partial charge in [-0.1, -0.05) is 58.2 Å². The smallest absolute Gasteiger partial charge is 0.156 e. The Morgan fingerprint density at radius 1 is 1.20 bits per heavy atom. The van der Waals surface area contributed by atoms with Crippen LogP contribution in [0.3, 0.4) is 0 Å². The van der Waals surface area contributed by atoms with Crippen molar-refractivity contribution in [2.75, 3.05) is 18.8 Å². The molecule has 0 spiro atoms. The van der Waals surface area contributed by atoms with E-state index in [-0.39, 0.29) is 0 Å². The largest absolute Gasteiger partial charge is 0.365 e. The summed E-state index contributed by atoms with van der Waals surface area (Å²) in [4.78, 5) is 4.79. The van der Waals surface area contributed by atoms with Gasteiger partial charge in [-0.3, -0.25) is 4.99 Å². The van der Waals surface area contributed by atoms with Crippen molar-refractivity contribution in [1.82, 2.24) is 5.32 Å². The highest BCUT2D eigenvalue weighted by Crippen LogP contribution is 2.35. The first-order valence-corrected chi connectivity index (χ1v) is 9.57. The molecule has 1 heterocycles. The van der Waals surface area contributed by atoms with E-state index >= 15 is 0 Å². The molecule has 20 heavy (non-hydrogen) atoms. The number of thioether (sulfide) groups is 1. The molecule has 0 aromatic carbocycles. The summed E-state index contributed by atoms with van der Waals surface area (Å²) in [5.74, 6) is 3.17. The van der Waals surface area contributed by atoms with Gasteiger partial charge >= 0.3 is 0 Å². The van der Waals surface area contributed by atoms with Crippen LogP contribution < -0.4 is 5.32 Å². The Kier molecular flexibility index (Phi) is 6.25. The number of rotatable bonds is 5. The Morgan fingerprint density at radius 2 is 1.90 bits per heavy atom. The van der Waals surface area contributed by atoms with E-state index in [1.807, 2.05) is 11.8 Å². The van der Waals surface area contributed by atoms with Crippen molar-refractivity contribution in [3.05, 3.63) is 0 Å². The molecular formula is C17H32N2S. The van der Waals surface area contributed by atoms with E-state index in [1.54, 1.807) is 0 Å². The second-order valence-corrected chi connectivity index (χ2v) is 7.92. The van der Waals surface area contributed by atoms with Crippen molar-refractivity contribution in [2.24, 2.45) is 22.2 Å². The van der Waals surface area contributed by atoms with Gasteiger partial charge in [0.05, 0.1) is 0 Å². The van der Waals surface area contributed by atoms with Crippen LogP contribution in [0.2, 0.25) is 0 Å². The number of aliphatic imine (C=N–C) groups is 1. The van der Waals surface area contributed by atoms with Crippen LogP contribution in [0.25, 0.3) is 0 Å². The quantitative estimate of drug-likeness (QED) is 0.795. The molecule has 0 bridgehead atoms. The van der Waals surface area contributed by atoms with Gasteiger partial charge in [0.15, 0.2) is 5.17 Å². The molecule has 1 aliphatic heterocycles. The van der Waals surface area contributed by atoms with Crippen molar-refractivity contribution in [3.63, 3.8) is 0 Å². The molecule has 1 aliphatic carbocycles. The van der Waals surface area contributed by atoms with Gasteiger partial charge in [0.2, 0.25) is 0 Å². The van der Waals surface area contributed by atoms with E-state index in [4.69, 9.17) is 4.99 Å². The summed E-state index contributed by atoms with van der Waals surface area (Å²) in [6.45, 7) is 9.16. The van der Waals surface area contributed by atoms with Crippen molar-refractivity contribution in [2.45, 2.75) is 65.7 Å². The Hall–Kier alpha value is -0.180. The molecular weight excluding hydrogens is 264 g/mol. The van der Waals surface area contributed by atoms with Crippen LogP contribution in [0.15, 0.2) is 4.99 Å². The number of nitrogens with zero attached hydrogens (tertiary/aromatic N) is 1. The Labute approximate surface area is 129 Å². The van der Waals surface area contributed by atoms with E-state index in [2.05, 4.69) is 26.1 Å². The summed E-state index contributed by atoms with van der Waals surface area (Å²) >= 11 is 1.95. The molecule has 2 rings (SSSR count). The Bertz CT molecular complexity index is 315. The van der Waals surface area contributed by atoms with Gasteiger partial charge in [0.25, 0.3) is 0 Å². The lowest BCUT2D eigenvalue weighted by Crippen LogP contribution is -2.35. The summed E-state index contributed by atoms with van der Waals surface area (Å²) in [5, 5.41) is 4.78. The minimum Gasteiger partial charge on any atom is -0.365 e. The summed E-state index contributed by atoms with van der Waals surface area (Å²) in [6.07, 6.45) is 9.61. The maximum absolute atomic E-state index is 4.79. The molecule has 1 fully saturated rings. The van der Waals surface area contributed by atoms with Crippen molar-refractivity contribution in [1.29, 1.82) is 0 Å². The SMILES string of the molecule is CCC1(CC)CN=C(NCCC2CCC(C)CC2)SC1. The van der Waals surface area contributed by atoms with E-state index < -0.39 is 0 Å². The first kappa shape index (κ1) is 16.2. The van der Waals surface area contributed by atoms with Crippen LogP contribution in [0.4, 0.5) is 0 Å². The Balaban J connectivity index is 1.66. The second-order valence-electron chi connectivity index (χ2n) is 6.96. The lowest BCUT2D eigenvalue weighted by molar-refractivity contribution is 0.278. The first-order valence-electron chi connectivity index (χ1n) is 8.58. The van der Waals surface area contributed by atoms with Crippen LogP contribution in [-0.2, 0) is 0 Å². The van der Waals surface area contributed by atoms with Gasteiger partial charge in [-0.05, 0) is 36.5 Å². The molecule has 0 atom stereocenters. The number of hydrogen-bond donors (Lipinski definition) is 1. The molecule has 0 unspecified atom stereocenters. The van der Waals surface area contributed by atoms with E-state index in [1.165, 1.54) is 55.9 Å². The minimum atomic E-state index is 0.468. The first-order chi connectivity index (χ1) is 9.67. The predicted octanol–water partition coefficient (Wildman–Crippen LogP) is 4.70. The van der Waals surface area contributed by atoms with Crippen molar-refractivity contribution in [3.8, 4) is 0 Å². The molecule has 0 aromatic heterocycles. The van der Waals surface area contributed by atoms with Gasteiger partial charge in [-0.25, -0.2) is 0 Å². The van der Waals surface area contributed by atoms with Crippen LogP contribution in [0, 0.1) is 17.3 Å².